The third-order valence-corrected chi connectivity index (χ3v) is 14.8. The Morgan fingerprint density at radius 1 is 0.750 bits per heavy atom. The van der Waals surface area contributed by atoms with Crippen molar-refractivity contribution in [2.75, 3.05) is 0 Å². The highest BCUT2D eigenvalue weighted by molar-refractivity contribution is 6.89. The highest BCUT2D eigenvalue weighted by Crippen LogP contribution is 2.46. The van der Waals surface area contributed by atoms with Gasteiger partial charge in [-0.2, -0.15) is 4.57 Å². The molecule has 0 bridgehead atoms. The summed E-state index contributed by atoms with van der Waals surface area (Å²) in [6.45, 7) is 19.0. The second-order valence-electron chi connectivity index (χ2n) is 18.3. The van der Waals surface area contributed by atoms with E-state index in [2.05, 4.69) is 185 Å². The standard InChI is InChI=1S/C55H52N3OSi/c1-34(2)31-40-32-49-44-22-15-14-21-43(44)45-27-25-39-26-28-46-47-29-30-48(52-41(37-17-10-8-11-18-37)23-16-24-42(52)38-19-12-9-13-20-38)57-55(47)59-54(46)51(39)35(3)56-36(4)53(45)58(49)33-50(40)60(5,6)7/h8-24,26,28-30,32-34,45,53H,4,25,27,31H2,1-3,5-7H3/q+1. The number of furan rings is 1. The van der Waals surface area contributed by atoms with E-state index in [4.69, 9.17) is 21.0 Å². The lowest BCUT2D eigenvalue weighted by Gasteiger charge is -2.32. The van der Waals surface area contributed by atoms with Gasteiger partial charge in [-0.15, -0.1) is 0 Å². The SMILES string of the molecule is C=C1N=C(C)c2c(ccc3c2oc2nc(-c4c(-c5ccccc5)cccc4-c4ccccc4)ccc23)CCC2c3ccccc3-c3cc(CC(C)C)c([Si](C)(C)C)c[n+]3C12. The van der Waals surface area contributed by atoms with Crippen LogP contribution in [0.15, 0.2) is 161 Å². The Morgan fingerprint density at radius 3 is 2.08 bits per heavy atom. The summed E-state index contributed by atoms with van der Waals surface area (Å²) in [7, 11) is -1.69. The van der Waals surface area contributed by atoms with Gasteiger partial charge in [0.2, 0.25) is 17.4 Å². The smallest absolute Gasteiger partial charge is 0.227 e. The topological polar surface area (TPSA) is 42.3 Å². The van der Waals surface area contributed by atoms with Crippen LogP contribution in [0.1, 0.15) is 61.4 Å². The molecular weight excluding hydrogens is 747 g/mol. The quantitative estimate of drug-likeness (QED) is 0.124. The van der Waals surface area contributed by atoms with Crippen LogP contribution in [0.4, 0.5) is 0 Å². The number of fused-ring (bicyclic) bond motifs is 11. The van der Waals surface area contributed by atoms with Crippen LogP contribution in [0.25, 0.3) is 66.8 Å². The minimum Gasteiger partial charge on any atom is -0.437 e. The third kappa shape index (κ3) is 6.47. The molecule has 4 nitrogen and oxygen atoms in total. The molecule has 2 aliphatic heterocycles. The first-order chi connectivity index (χ1) is 29.0. The van der Waals surface area contributed by atoms with Crippen LogP contribution in [-0.2, 0) is 12.8 Å². The molecule has 2 unspecified atom stereocenters. The Hall–Kier alpha value is -6.17. The number of aryl methyl sites for hydroxylation is 1. The molecule has 0 aliphatic carbocycles. The summed E-state index contributed by atoms with van der Waals surface area (Å²) in [6.07, 6.45) is 5.44. The number of aliphatic imine (C=N–C) groups is 1. The van der Waals surface area contributed by atoms with Crippen molar-refractivity contribution in [2.45, 2.75) is 71.6 Å². The van der Waals surface area contributed by atoms with Crippen molar-refractivity contribution in [3.8, 4) is 44.8 Å². The zero-order chi connectivity index (χ0) is 41.3. The molecule has 0 fully saturated rings. The molecule has 296 valence electrons. The number of rotatable bonds is 6. The predicted octanol–water partition coefficient (Wildman–Crippen LogP) is 13.3. The van der Waals surface area contributed by atoms with Crippen molar-refractivity contribution >= 4 is 41.0 Å². The maximum atomic E-state index is 6.95. The van der Waals surface area contributed by atoms with Gasteiger partial charge in [-0.05, 0) is 89.2 Å². The van der Waals surface area contributed by atoms with Crippen LogP contribution in [0, 0.1) is 5.92 Å². The first-order valence-electron chi connectivity index (χ1n) is 21.6. The molecule has 3 aromatic heterocycles. The van der Waals surface area contributed by atoms with Crippen molar-refractivity contribution in [1.82, 2.24) is 4.98 Å². The summed E-state index contributed by atoms with van der Waals surface area (Å²) < 4.78 is 9.51. The summed E-state index contributed by atoms with van der Waals surface area (Å²) in [5.74, 6) is 0.798. The number of allylic oxidation sites excluding steroid dienone is 1. The lowest BCUT2D eigenvalue weighted by atomic mass is 9.78. The summed E-state index contributed by atoms with van der Waals surface area (Å²) in [6, 6.07) is 48.2. The van der Waals surface area contributed by atoms with E-state index in [9.17, 15) is 0 Å². The molecule has 0 spiro atoms. The van der Waals surface area contributed by atoms with Crippen molar-refractivity contribution in [1.29, 1.82) is 0 Å². The summed E-state index contributed by atoms with van der Waals surface area (Å²) in [4.78, 5) is 10.8. The molecule has 0 radical (unpaired) electrons. The van der Waals surface area contributed by atoms with Crippen LogP contribution < -0.4 is 9.75 Å². The number of nitrogens with zero attached hydrogens (tertiary/aromatic N) is 3. The molecule has 5 heterocycles. The molecule has 2 aliphatic rings. The Labute approximate surface area is 355 Å². The summed E-state index contributed by atoms with van der Waals surface area (Å²) in [5, 5.41) is 3.60. The van der Waals surface area contributed by atoms with E-state index < -0.39 is 8.07 Å². The molecule has 0 saturated heterocycles. The van der Waals surface area contributed by atoms with Gasteiger partial charge in [0.05, 0.1) is 19.7 Å². The zero-order valence-electron chi connectivity index (χ0n) is 35.6. The number of hydrogen-bond donors (Lipinski definition) is 0. The van der Waals surface area contributed by atoms with Gasteiger partial charge in [0, 0.05) is 44.4 Å². The molecule has 60 heavy (non-hydrogen) atoms. The maximum Gasteiger partial charge on any atom is 0.227 e. The second-order valence-corrected chi connectivity index (χ2v) is 23.3. The van der Waals surface area contributed by atoms with Gasteiger partial charge in [0.15, 0.2) is 6.20 Å². The summed E-state index contributed by atoms with van der Waals surface area (Å²) in [5.41, 5.74) is 17.7. The lowest BCUT2D eigenvalue weighted by Crippen LogP contribution is -2.54. The zero-order valence-corrected chi connectivity index (χ0v) is 36.6. The minimum atomic E-state index is -1.69. The molecule has 2 atom stereocenters. The van der Waals surface area contributed by atoms with Gasteiger partial charge >= 0.3 is 0 Å². The van der Waals surface area contributed by atoms with Crippen LogP contribution in [0.5, 0.6) is 0 Å². The van der Waals surface area contributed by atoms with E-state index >= 15 is 0 Å². The minimum absolute atomic E-state index is 0.00115. The van der Waals surface area contributed by atoms with Gasteiger partial charge < -0.3 is 4.42 Å². The van der Waals surface area contributed by atoms with Crippen molar-refractivity contribution in [2.24, 2.45) is 10.9 Å². The molecule has 8 aromatic rings. The molecule has 0 N–H and O–H groups in total. The van der Waals surface area contributed by atoms with E-state index in [0.717, 1.165) is 86.1 Å². The van der Waals surface area contributed by atoms with Gasteiger partial charge in [-0.1, -0.05) is 149 Å². The van der Waals surface area contributed by atoms with Crippen LogP contribution in [0.3, 0.4) is 0 Å². The van der Waals surface area contributed by atoms with Crippen molar-refractivity contribution < 1.29 is 8.98 Å². The van der Waals surface area contributed by atoms with E-state index in [-0.39, 0.29) is 12.0 Å². The lowest BCUT2D eigenvalue weighted by molar-refractivity contribution is -0.708. The molecular formula is C55H52N3OSi+. The van der Waals surface area contributed by atoms with Gasteiger partial charge in [0.25, 0.3) is 0 Å². The maximum absolute atomic E-state index is 6.95. The largest absolute Gasteiger partial charge is 0.437 e. The van der Waals surface area contributed by atoms with Crippen molar-refractivity contribution in [3.05, 3.63) is 174 Å². The Bertz CT molecular complexity index is 2950. The predicted molar refractivity (Wildman–Crippen MR) is 253 cm³/mol. The fourth-order valence-corrected chi connectivity index (χ4v) is 11.8. The van der Waals surface area contributed by atoms with Crippen LogP contribution in [0.2, 0.25) is 19.6 Å². The highest BCUT2D eigenvalue weighted by atomic mass is 28.3. The van der Waals surface area contributed by atoms with E-state index in [1.807, 2.05) is 0 Å². The average Bonchev–Trinajstić information content (AvgIpc) is 3.64. The van der Waals surface area contributed by atoms with Gasteiger partial charge in [0.1, 0.15) is 11.3 Å². The number of pyridine rings is 2. The Morgan fingerprint density at radius 2 is 1.40 bits per heavy atom. The summed E-state index contributed by atoms with van der Waals surface area (Å²) >= 11 is 0. The molecule has 0 saturated carbocycles. The normalized spacial score (nSPS) is 16.4. The number of benzene rings is 5. The van der Waals surface area contributed by atoms with E-state index in [0.29, 0.717) is 11.6 Å². The molecule has 5 aromatic carbocycles. The number of aromatic nitrogens is 2. The third-order valence-electron chi connectivity index (χ3n) is 12.8. The average molecular weight is 799 g/mol. The first-order valence-corrected chi connectivity index (χ1v) is 25.1. The Balaban J connectivity index is 1.13. The van der Waals surface area contributed by atoms with E-state index in [1.54, 1.807) is 0 Å². The fraction of sp³-hybridized carbons (Fsp3) is 0.218. The van der Waals surface area contributed by atoms with E-state index in [1.165, 1.54) is 33.1 Å². The van der Waals surface area contributed by atoms with Crippen LogP contribution >= 0.6 is 0 Å². The Kier molecular flexibility index (Phi) is 9.40. The monoisotopic (exact) mass is 798 g/mol. The second kappa shape index (κ2) is 14.8. The number of hydrogen-bond acceptors (Lipinski definition) is 3. The van der Waals surface area contributed by atoms with Crippen molar-refractivity contribution in [3.63, 3.8) is 0 Å². The van der Waals surface area contributed by atoms with Gasteiger partial charge in [-0.3, -0.25) is 4.99 Å². The fourth-order valence-electron chi connectivity index (χ4n) is 10.2. The first kappa shape index (κ1) is 38.1. The highest BCUT2D eigenvalue weighted by Gasteiger charge is 2.44. The molecule has 5 heteroatoms. The molecule has 10 rings (SSSR count). The van der Waals surface area contributed by atoms with Crippen LogP contribution in [-0.4, -0.2) is 18.8 Å². The molecule has 0 amide bonds. The van der Waals surface area contributed by atoms with Gasteiger partial charge in [-0.25, -0.2) is 4.98 Å².